The lowest BCUT2D eigenvalue weighted by molar-refractivity contribution is 0.506. The van der Waals surface area contributed by atoms with E-state index in [1.807, 2.05) is 25.1 Å². The summed E-state index contributed by atoms with van der Waals surface area (Å²) in [6.45, 7) is 2.51. The second-order valence-corrected chi connectivity index (χ2v) is 3.40. The average Bonchev–Trinajstić information content (AvgIpc) is 2.76. The van der Waals surface area contributed by atoms with Crippen LogP contribution in [-0.4, -0.2) is 4.98 Å². The molecular formula is C12H11N3O. The van der Waals surface area contributed by atoms with Crippen LogP contribution < -0.4 is 5.32 Å². The molecule has 2 aromatic heterocycles. The first-order valence-corrected chi connectivity index (χ1v) is 4.94. The highest BCUT2D eigenvalue weighted by atomic mass is 16.3. The van der Waals surface area contributed by atoms with Crippen molar-refractivity contribution >= 4 is 5.82 Å². The van der Waals surface area contributed by atoms with Gasteiger partial charge in [0.15, 0.2) is 0 Å². The lowest BCUT2D eigenvalue weighted by Crippen LogP contribution is -2.01. The fourth-order valence-corrected chi connectivity index (χ4v) is 1.37. The highest BCUT2D eigenvalue weighted by Gasteiger charge is 2.02. The van der Waals surface area contributed by atoms with Gasteiger partial charge < -0.3 is 9.73 Å². The van der Waals surface area contributed by atoms with Gasteiger partial charge in [-0.1, -0.05) is 6.07 Å². The second-order valence-electron chi connectivity index (χ2n) is 3.40. The monoisotopic (exact) mass is 213 g/mol. The topological polar surface area (TPSA) is 61.9 Å². The van der Waals surface area contributed by atoms with Crippen LogP contribution in [0, 0.1) is 18.3 Å². The first-order valence-electron chi connectivity index (χ1n) is 4.94. The Morgan fingerprint density at radius 2 is 2.31 bits per heavy atom. The maximum Gasteiger partial charge on any atom is 0.203 e. The second kappa shape index (κ2) is 4.49. The minimum Gasteiger partial charge on any atom is -0.449 e. The van der Waals surface area contributed by atoms with Crippen LogP contribution in [0.5, 0.6) is 0 Å². The van der Waals surface area contributed by atoms with Gasteiger partial charge in [-0.2, -0.15) is 5.26 Å². The number of furan rings is 1. The van der Waals surface area contributed by atoms with Crippen molar-refractivity contribution in [2.45, 2.75) is 13.5 Å². The molecule has 0 atom stereocenters. The third kappa shape index (κ3) is 2.20. The lowest BCUT2D eigenvalue weighted by atomic mass is 10.3. The van der Waals surface area contributed by atoms with Gasteiger partial charge in [-0.15, -0.1) is 0 Å². The molecule has 0 amide bonds. The predicted molar refractivity (Wildman–Crippen MR) is 59.7 cm³/mol. The molecule has 0 unspecified atom stereocenters. The summed E-state index contributed by atoms with van der Waals surface area (Å²) in [5.41, 5.74) is 1.08. The molecule has 0 bridgehead atoms. The zero-order valence-electron chi connectivity index (χ0n) is 8.90. The Bertz CT molecular complexity index is 525. The van der Waals surface area contributed by atoms with Crippen LogP contribution in [0.4, 0.5) is 5.82 Å². The summed E-state index contributed by atoms with van der Waals surface area (Å²) in [4.78, 5) is 4.20. The molecule has 16 heavy (non-hydrogen) atoms. The molecule has 2 rings (SSSR count). The Kier molecular flexibility index (Phi) is 2.88. The quantitative estimate of drug-likeness (QED) is 0.850. The highest BCUT2D eigenvalue weighted by molar-refractivity contribution is 5.42. The molecule has 0 aliphatic carbocycles. The molecule has 0 aliphatic rings. The van der Waals surface area contributed by atoms with Crippen LogP contribution in [0.15, 0.2) is 34.9 Å². The van der Waals surface area contributed by atoms with Gasteiger partial charge in [-0.3, -0.25) is 0 Å². The number of pyridine rings is 1. The first kappa shape index (κ1) is 10.2. The number of hydrogen-bond donors (Lipinski definition) is 1. The molecular weight excluding hydrogens is 202 g/mol. The van der Waals surface area contributed by atoms with E-state index in [0.717, 1.165) is 17.1 Å². The molecule has 1 N–H and O–H groups in total. The average molecular weight is 213 g/mol. The van der Waals surface area contributed by atoms with Gasteiger partial charge in [0.25, 0.3) is 0 Å². The minimum absolute atomic E-state index is 0.328. The van der Waals surface area contributed by atoms with E-state index in [1.165, 1.54) is 0 Å². The zero-order chi connectivity index (χ0) is 11.4. The molecule has 0 fully saturated rings. The van der Waals surface area contributed by atoms with E-state index in [9.17, 15) is 0 Å². The Hall–Kier alpha value is -2.28. The van der Waals surface area contributed by atoms with E-state index in [-0.39, 0.29) is 0 Å². The summed E-state index contributed by atoms with van der Waals surface area (Å²) >= 11 is 0. The van der Waals surface area contributed by atoms with Crippen LogP contribution in [0.1, 0.15) is 17.1 Å². The Morgan fingerprint density at radius 1 is 1.44 bits per heavy atom. The van der Waals surface area contributed by atoms with Crippen molar-refractivity contribution in [2.75, 3.05) is 5.32 Å². The summed E-state index contributed by atoms with van der Waals surface area (Å²) in [6.07, 6.45) is 1.73. The first-order chi connectivity index (χ1) is 7.79. The molecule has 0 aliphatic heterocycles. The molecule has 2 aromatic rings. The van der Waals surface area contributed by atoms with Crippen LogP contribution >= 0.6 is 0 Å². The molecule has 0 radical (unpaired) electrons. The van der Waals surface area contributed by atoms with Crippen molar-refractivity contribution in [1.82, 2.24) is 4.98 Å². The third-order valence-electron chi connectivity index (χ3n) is 2.21. The molecule has 4 nitrogen and oxygen atoms in total. The van der Waals surface area contributed by atoms with Gasteiger partial charge in [0.2, 0.25) is 5.76 Å². The third-order valence-corrected chi connectivity index (χ3v) is 2.21. The fraction of sp³-hybridized carbons (Fsp3) is 0.167. The van der Waals surface area contributed by atoms with Gasteiger partial charge in [0.1, 0.15) is 17.6 Å². The molecule has 0 saturated carbocycles. The van der Waals surface area contributed by atoms with Crippen molar-refractivity contribution in [2.24, 2.45) is 0 Å². The van der Waals surface area contributed by atoms with Gasteiger partial charge in [0, 0.05) is 6.20 Å². The molecule has 0 saturated heterocycles. The maximum atomic E-state index is 8.60. The fourth-order valence-electron chi connectivity index (χ4n) is 1.37. The van der Waals surface area contributed by atoms with E-state index in [0.29, 0.717) is 12.3 Å². The molecule has 4 heteroatoms. The van der Waals surface area contributed by atoms with Gasteiger partial charge in [0.05, 0.1) is 6.54 Å². The lowest BCUT2D eigenvalue weighted by Gasteiger charge is -2.05. The summed E-state index contributed by atoms with van der Waals surface area (Å²) in [7, 11) is 0. The number of hydrogen-bond acceptors (Lipinski definition) is 4. The number of rotatable bonds is 3. The van der Waals surface area contributed by atoms with Gasteiger partial charge in [-0.25, -0.2) is 4.98 Å². The van der Waals surface area contributed by atoms with Crippen LogP contribution in [0.25, 0.3) is 0 Å². The molecule has 0 spiro atoms. The summed E-state index contributed by atoms with van der Waals surface area (Å²) in [6, 6.07) is 9.26. The van der Waals surface area contributed by atoms with E-state index >= 15 is 0 Å². The van der Waals surface area contributed by atoms with Crippen LogP contribution in [0.3, 0.4) is 0 Å². The number of nitrogens with one attached hydrogen (secondary N) is 1. The van der Waals surface area contributed by atoms with E-state index in [1.54, 1.807) is 18.3 Å². The molecule has 2 heterocycles. The Labute approximate surface area is 93.5 Å². The number of nitrogens with zero attached hydrogens (tertiary/aromatic N) is 2. The largest absolute Gasteiger partial charge is 0.449 e. The van der Waals surface area contributed by atoms with Gasteiger partial charge in [-0.05, 0) is 30.7 Å². The number of nitriles is 1. The summed E-state index contributed by atoms with van der Waals surface area (Å²) < 4.78 is 5.24. The highest BCUT2D eigenvalue weighted by Crippen LogP contribution is 2.12. The Morgan fingerprint density at radius 3 is 3.00 bits per heavy atom. The summed E-state index contributed by atoms with van der Waals surface area (Å²) in [5, 5.41) is 11.8. The summed E-state index contributed by atoms with van der Waals surface area (Å²) in [5.74, 6) is 1.88. The van der Waals surface area contributed by atoms with Crippen molar-refractivity contribution in [3.63, 3.8) is 0 Å². The number of aromatic nitrogens is 1. The number of anilines is 1. The van der Waals surface area contributed by atoms with Gasteiger partial charge >= 0.3 is 0 Å². The molecule has 0 aromatic carbocycles. The van der Waals surface area contributed by atoms with E-state index < -0.39 is 0 Å². The van der Waals surface area contributed by atoms with Crippen LogP contribution in [-0.2, 0) is 6.54 Å². The van der Waals surface area contributed by atoms with Crippen molar-refractivity contribution in [3.05, 3.63) is 47.5 Å². The van der Waals surface area contributed by atoms with Crippen LogP contribution in [0.2, 0.25) is 0 Å². The van der Waals surface area contributed by atoms with E-state index in [2.05, 4.69) is 10.3 Å². The van der Waals surface area contributed by atoms with Crippen molar-refractivity contribution in [1.29, 1.82) is 5.26 Å². The minimum atomic E-state index is 0.328. The number of aryl methyl sites for hydroxylation is 1. The normalized spacial score (nSPS) is 9.75. The van der Waals surface area contributed by atoms with E-state index in [4.69, 9.17) is 9.68 Å². The smallest absolute Gasteiger partial charge is 0.203 e. The Balaban J connectivity index is 2.03. The molecule has 80 valence electrons. The van der Waals surface area contributed by atoms with Crippen molar-refractivity contribution in [3.8, 4) is 6.07 Å². The maximum absolute atomic E-state index is 8.60. The SMILES string of the molecule is Cc1cccnc1NCc1ccc(C#N)o1. The predicted octanol–water partition coefficient (Wildman–Crippen LogP) is 2.47. The van der Waals surface area contributed by atoms with Crippen molar-refractivity contribution < 1.29 is 4.42 Å². The standard InChI is InChI=1S/C12H11N3O/c1-9-3-2-6-14-12(9)15-8-11-5-4-10(7-13)16-11/h2-6H,8H2,1H3,(H,14,15). The zero-order valence-corrected chi connectivity index (χ0v) is 8.90.